The van der Waals surface area contributed by atoms with Crippen molar-refractivity contribution in [1.29, 1.82) is 0 Å². The van der Waals surface area contributed by atoms with Crippen molar-refractivity contribution in [3.63, 3.8) is 0 Å². The van der Waals surface area contributed by atoms with Crippen molar-refractivity contribution >= 4 is 17.4 Å². The van der Waals surface area contributed by atoms with Gasteiger partial charge in [-0.3, -0.25) is 9.89 Å². The molecule has 0 bridgehead atoms. The third kappa shape index (κ3) is 5.55. The maximum absolute atomic E-state index is 12.8. The number of ether oxygens (including phenoxy) is 2. The van der Waals surface area contributed by atoms with Crippen LogP contribution in [0.2, 0.25) is 0 Å². The number of benzene rings is 2. The Morgan fingerprint density at radius 1 is 0.865 bits per heavy atom. The van der Waals surface area contributed by atoms with Crippen LogP contribution >= 0.6 is 0 Å². The lowest BCUT2D eigenvalue weighted by molar-refractivity contribution is 0.102. The Bertz CT molecular complexity index is 1340. The Kier molecular flexibility index (Phi) is 7.30. The highest BCUT2D eigenvalue weighted by molar-refractivity contribution is 6.03. The highest BCUT2D eigenvalue weighted by Gasteiger charge is 2.16. The summed E-state index contributed by atoms with van der Waals surface area (Å²) < 4.78 is 10.7. The van der Waals surface area contributed by atoms with Crippen molar-refractivity contribution in [1.82, 2.24) is 20.4 Å². The first-order valence-corrected chi connectivity index (χ1v) is 12.4. The summed E-state index contributed by atoms with van der Waals surface area (Å²) >= 11 is 0. The van der Waals surface area contributed by atoms with Gasteiger partial charge in [-0.1, -0.05) is 25.0 Å². The number of nitrogens with one attached hydrogen (secondary N) is 2. The van der Waals surface area contributed by atoms with E-state index in [2.05, 4.69) is 30.6 Å². The molecular formula is C28H30N6O3. The first kappa shape index (κ1) is 24.3. The molecule has 0 unspecified atom stereocenters. The minimum absolute atomic E-state index is 0.296. The fourth-order valence-electron chi connectivity index (χ4n) is 4.46. The van der Waals surface area contributed by atoms with Crippen LogP contribution in [0, 0.1) is 0 Å². The van der Waals surface area contributed by atoms with Gasteiger partial charge >= 0.3 is 0 Å². The van der Waals surface area contributed by atoms with Gasteiger partial charge in [0.05, 0.1) is 25.6 Å². The Hall–Kier alpha value is -4.40. The van der Waals surface area contributed by atoms with Gasteiger partial charge in [-0.15, -0.1) is 10.2 Å². The maximum Gasteiger partial charge on any atom is 0.273 e. The number of carbonyl (C=O) groups is 1. The number of H-pyrrole nitrogens is 1. The van der Waals surface area contributed by atoms with E-state index in [1.165, 1.54) is 25.7 Å². The first-order chi connectivity index (χ1) is 18.1. The average Bonchev–Trinajstić information content (AvgIpc) is 3.29. The molecule has 9 heteroatoms. The van der Waals surface area contributed by atoms with Gasteiger partial charge in [0.25, 0.3) is 5.91 Å². The maximum atomic E-state index is 12.8. The van der Waals surface area contributed by atoms with Crippen LogP contribution in [0.4, 0.5) is 11.5 Å². The third-order valence-electron chi connectivity index (χ3n) is 6.52. The molecule has 5 rings (SSSR count). The summed E-state index contributed by atoms with van der Waals surface area (Å²) in [6.45, 7) is 2.07. The number of methoxy groups -OCH3 is 2. The SMILES string of the molecule is COc1ccc(OC)c(-c2cc(C(=O)Nc3ccc(-c4ccc(N5CCCCCC5)nn4)cc3)[nH]n2)c1. The smallest absolute Gasteiger partial charge is 0.273 e. The molecule has 190 valence electrons. The molecule has 1 aliphatic rings. The van der Waals surface area contributed by atoms with Crippen LogP contribution in [0.15, 0.2) is 60.7 Å². The minimum Gasteiger partial charge on any atom is -0.497 e. The standard InChI is InChI=1S/C28H30N6O3/c1-36-21-11-13-26(37-2)22(17-21)24-18-25(32-31-24)28(35)29-20-9-7-19(8-10-20)23-12-14-27(33-30-23)34-15-5-3-4-6-16-34/h7-14,17-18H,3-6,15-16H2,1-2H3,(H,29,35)(H,31,32). The molecule has 9 nitrogen and oxygen atoms in total. The first-order valence-electron chi connectivity index (χ1n) is 12.4. The predicted molar refractivity (Wildman–Crippen MR) is 143 cm³/mol. The number of hydrogen-bond donors (Lipinski definition) is 2. The van der Waals surface area contributed by atoms with Gasteiger partial charge in [0.2, 0.25) is 0 Å². The lowest BCUT2D eigenvalue weighted by Gasteiger charge is -2.20. The molecule has 1 saturated heterocycles. The number of aromatic amines is 1. The zero-order valence-electron chi connectivity index (χ0n) is 21.0. The number of aromatic nitrogens is 4. The van der Waals surface area contributed by atoms with Crippen LogP contribution in [-0.4, -0.2) is 53.6 Å². The molecule has 1 fully saturated rings. The number of anilines is 2. The van der Waals surface area contributed by atoms with E-state index in [-0.39, 0.29) is 5.91 Å². The van der Waals surface area contributed by atoms with Gasteiger partial charge in [-0.2, -0.15) is 5.10 Å². The Labute approximate surface area is 215 Å². The molecule has 1 aliphatic heterocycles. The zero-order chi connectivity index (χ0) is 25.6. The second-order valence-corrected chi connectivity index (χ2v) is 8.94. The highest BCUT2D eigenvalue weighted by atomic mass is 16.5. The summed E-state index contributed by atoms with van der Waals surface area (Å²) in [5.74, 6) is 1.94. The molecule has 0 atom stereocenters. The molecule has 2 aromatic carbocycles. The number of nitrogens with zero attached hydrogens (tertiary/aromatic N) is 4. The normalized spacial score (nSPS) is 13.6. The molecule has 37 heavy (non-hydrogen) atoms. The molecule has 0 radical (unpaired) electrons. The Balaban J connectivity index is 1.25. The van der Waals surface area contributed by atoms with Gasteiger partial charge in [0.15, 0.2) is 5.82 Å². The van der Waals surface area contributed by atoms with E-state index in [0.29, 0.717) is 28.6 Å². The van der Waals surface area contributed by atoms with Crippen LogP contribution < -0.4 is 19.7 Å². The van der Waals surface area contributed by atoms with E-state index in [1.54, 1.807) is 26.4 Å². The van der Waals surface area contributed by atoms with E-state index >= 15 is 0 Å². The molecule has 2 aromatic heterocycles. The summed E-state index contributed by atoms with van der Waals surface area (Å²) in [6.07, 6.45) is 4.96. The van der Waals surface area contributed by atoms with E-state index in [9.17, 15) is 4.79 Å². The summed E-state index contributed by atoms with van der Waals surface area (Å²) in [6, 6.07) is 18.7. The molecule has 4 aromatic rings. The van der Waals surface area contributed by atoms with Crippen LogP contribution in [-0.2, 0) is 0 Å². The van der Waals surface area contributed by atoms with Gasteiger partial charge in [0.1, 0.15) is 17.2 Å². The Morgan fingerprint density at radius 2 is 1.65 bits per heavy atom. The number of hydrogen-bond acceptors (Lipinski definition) is 7. The van der Waals surface area contributed by atoms with Crippen LogP contribution in [0.5, 0.6) is 11.5 Å². The highest BCUT2D eigenvalue weighted by Crippen LogP contribution is 2.32. The average molecular weight is 499 g/mol. The summed E-state index contributed by atoms with van der Waals surface area (Å²) in [5, 5.41) is 18.9. The molecule has 2 N–H and O–H groups in total. The fraction of sp³-hybridized carbons (Fsp3) is 0.286. The van der Waals surface area contributed by atoms with Crippen molar-refractivity contribution < 1.29 is 14.3 Å². The minimum atomic E-state index is -0.296. The quantitative estimate of drug-likeness (QED) is 0.361. The van der Waals surface area contributed by atoms with E-state index in [1.807, 2.05) is 48.5 Å². The van der Waals surface area contributed by atoms with Crippen molar-refractivity contribution in [2.24, 2.45) is 0 Å². The molecule has 3 heterocycles. The molecule has 0 spiro atoms. The van der Waals surface area contributed by atoms with Crippen molar-refractivity contribution in [2.45, 2.75) is 25.7 Å². The summed E-state index contributed by atoms with van der Waals surface area (Å²) in [4.78, 5) is 15.2. The largest absolute Gasteiger partial charge is 0.497 e. The summed E-state index contributed by atoms with van der Waals surface area (Å²) in [5.41, 5.74) is 4.03. The van der Waals surface area contributed by atoms with Crippen LogP contribution in [0.25, 0.3) is 22.5 Å². The number of carbonyl (C=O) groups excluding carboxylic acids is 1. The Morgan fingerprint density at radius 3 is 2.32 bits per heavy atom. The van der Waals surface area contributed by atoms with Crippen LogP contribution in [0.3, 0.4) is 0 Å². The lowest BCUT2D eigenvalue weighted by Crippen LogP contribution is -2.25. The molecule has 0 aliphatic carbocycles. The van der Waals surface area contributed by atoms with Gasteiger partial charge in [0, 0.05) is 29.9 Å². The van der Waals surface area contributed by atoms with Gasteiger partial charge in [-0.25, -0.2) is 0 Å². The predicted octanol–water partition coefficient (Wildman–Crippen LogP) is 5.18. The van der Waals surface area contributed by atoms with Gasteiger partial charge in [-0.05, 0) is 61.4 Å². The molecule has 1 amide bonds. The van der Waals surface area contributed by atoms with Crippen LogP contribution in [0.1, 0.15) is 36.2 Å². The van der Waals surface area contributed by atoms with Crippen molar-refractivity contribution in [2.75, 3.05) is 37.5 Å². The second kappa shape index (κ2) is 11.1. The second-order valence-electron chi connectivity index (χ2n) is 8.94. The molecular weight excluding hydrogens is 468 g/mol. The zero-order valence-corrected chi connectivity index (χ0v) is 21.0. The van der Waals surface area contributed by atoms with Crippen molar-refractivity contribution in [3.05, 3.63) is 66.4 Å². The van der Waals surface area contributed by atoms with E-state index in [0.717, 1.165) is 35.7 Å². The topological polar surface area (TPSA) is 105 Å². The number of rotatable bonds is 7. The number of amides is 1. The fourth-order valence-corrected chi connectivity index (χ4v) is 4.46. The van der Waals surface area contributed by atoms with Crippen molar-refractivity contribution in [3.8, 4) is 34.0 Å². The molecule has 0 saturated carbocycles. The van der Waals surface area contributed by atoms with Gasteiger partial charge < -0.3 is 19.7 Å². The monoisotopic (exact) mass is 498 g/mol. The third-order valence-corrected chi connectivity index (χ3v) is 6.52. The van der Waals surface area contributed by atoms with E-state index in [4.69, 9.17) is 9.47 Å². The lowest BCUT2D eigenvalue weighted by atomic mass is 10.1. The van der Waals surface area contributed by atoms with E-state index < -0.39 is 0 Å². The summed E-state index contributed by atoms with van der Waals surface area (Å²) in [7, 11) is 3.18.